The van der Waals surface area contributed by atoms with Crippen LogP contribution < -0.4 is 0 Å². The summed E-state index contributed by atoms with van der Waals surface area (Å²) in [7, 11) is 0. The maximum atomic E-state index is 9.96. The summed E-state index contributed by atoms with van der Waals surface area (Å²) >= 11 is 0. The van der Waals surface area contributed by atoms with Crippen molar-refractivity contribution in [1.29, 1.82) is 5.26 Å². The molecule has 1 nitrogen and oxygen atoms in total. The molecule has 3 rings (SSSR count). The average Bonchev–Trinajstić information content (AvgIpc) is 2.93. The number of hydrogen-bond donors (Lipinski definition) is 0. The fourth-order valence-corrected chi connectivity index (χ4v) is 6.09. The second kappa shape index (κ2) is 15.9. The minimum Gasteiger partial charge on any atom is -0.198 e. The summed E-state index contributed by atoms with van der Waals surface area (Å²) in [6, 6.07) is 21.3. The molecule has 1 aliphatic rings. The lowest BCUT2D eigenvalue weighted by Crippen LogP contribution is -2.25. The lowest BCUT2D eigenvalue weighted by atomic mass is 9.67. The van der Waals surface area contributed by atoms with Crippen LogP contribution in [0.5, 0.6) is 0 Å². The molecule has 1 aliphatic carbocycles. The van der Waals surface area contributed by atoms with Gasteiger partial charge >= 0.3 is 0 Å². The monoisotopic (exact) mass is 485 g/mol. The Bertz CT molecular complexity index is 878. The normalized spacial score (nSPS) is 19.8. The van der Waals surface area contributed by atoms with Crippen LogP contribution in [0.2, 0.25) is 0 Å². The Morgan fingerprint density at radius 1 is 0.667 bits per heavy atom. The number of rotatable bonds is 16. The molecule has 1 saturated carbocycles. The molecule has 0 heterocycles. The van der Waals surface area contributed by atoms with Gasteiger partial charge in [0.25, 0.3) is 0 Å². The van der Waals surface area contributed by atoms with Crippen LogP contribution in [0.15, 0.2) is 48.5 Å². The number of nitriles is 1. The second-order valence-corrected chi connectivity index (χ2v) is 11.5. The molecule has 2 aromatic carbocycles. The zero-order valence-electron chi connectivity index (χ0n) is 23.4. The largest absolute Gasteiger partial charge is 0.198 e. The van der Waals surface area contributed by atoms with E-state index in [9.17, 15) is 5.26 Å². The van der Waals surface area contributed by atoms with Crippen LogP contribution >= 0.6 is 0 Å². The highest BCUT2D eigenvalue weighted by Gasteiger charge is 2.35. The van der Waals surface area contributed by atoms with Crippen molar-refractivity contribution in [1.82, 2.24) is 0 Å². The van der Waals surface area contributed by atoms with Crippen molar-refractivity contribution >= 4 is 0 Å². The summed E-state index contributed by atoms with van der Waals surface area (Å²) in [5.41, 5.74) is 5.51. The lowest BCUT2D eigenvalue weighted by molar-refractivity contribution is 0.223. The van der Waals surface area contributed by atoms with Crippen LogP contribution in [0.25, 0.3) is 11.1 Å². The van der Waals surface area contributed by atoms with E-state index in [0.717, 1.165) is 32.1 Å². The van der Waals surface area contributed by atoms with E-state index >= 15 is 0 Å². The fraction of sp³-hybridized carbons (Fsp3) is 0.629. The Kier molecular flexibility index (Phi) is 12.6. The van der Waals surface area contributed by atoms with Gasteiger partial charge in [-0.2, -0.15) is 5.26 Å². The van der Waals surface area contributed by atoms with Crippen LogP contribution in [0.1, 0.15) is 140 Å². The first kappa shape index (κ1) is 28.5. The van der Waals surface area contributed by atoms with E-state index in [1.807, 2.05) is 0 Å². The van der Waals surface area contributed by atoms with E-state index in [0.29, 0.717) is 5.92 Å². The summed E-state index contributed by atoms with van der Waals surface area (Å²) in [6.07, 6.45) is 22.8. The molecule has 36 heavy (non-hydrogen) atoms. The summed E-state index contributed by atoms with van der Waals surface area (Å²) in [6.45, 7) is 4.55. The van der Waals surface area contributed by atoms with Crippen molar-refractivity contribution < 1.29 is 0 Å². The maximum absolute atomic E-state index is 9.96. The third-order valence-corrected chi connectivity index (χ3v) is 8.68. The number of aryl methyl sites for hydroxylation is 1. The Morgan fingerprint density at radius 3 is 1.72 bits per heavy atom. The molecule has 0 amide bonds. The zero-order chi connectivity index (χ0) is 25.5. The van der Waals surface area contributed by atoms with Crippen LogP contribution in [-0.4, -0.2) is 0 Å². The van der Waals surface area contributed by atoms with E-state index in [4.69, 9.17) is 0 Å². The highest BCUT2D eigenvalue weighted by atomic mass is 14.4. The second-order valence-electron chi connectivity index (χ2n) is 11.5. The van der Waals surface area contributed by atoms with Gasteiger partial charge in [0.15, 0.2) is 0 Å². The molecule has 1 fully saturated rings. The number of benzene rings is 2. The molecule has 0 spiro atoms. The van der Waals surface area contributed by atoms with Crippen molar-refractivity contribution in [2.45, 2.75) is 135 Å². The molecular weight excluding hydrogens is 434 g/mol. The van der Waals surface area contributed by atoms with Crippen LogP contribution in [-0.2, 0) is 6.42 Å². The van der Waals surface area contributed by atoms with Crippen molar-refractivity contribution in [3.05, 3.63) is 59.7 Å². The molecule has 0 aliphatic heterocycles. The smallest absolute Gasteiger partial charge is 0.0689 e. The van der Waals surface area contributed by atoms with E-state index in [2.05, 4.69) is 68.4 Å². The van der Waals surface area contributed by atoms with Crippen LogP contribution in [0.4, 0.5) is 0 Å². The van der Waals surface area contributed by atoms with Crippen LogP contribution in [0, 0.1) is 16.7 Å². The lowest BCUT2D eigenvalue weighted by Gasteiger charge is -2.35. The molecule has 0 radical (unpaired) electrons. The molecule has 196 valence electrons. The Labute approximate surface area is 222 Å². The topological polar surface area (TPSA) is 23.8 Å². The summed E-state index contributed by atoms with van der Waals surface area (Å²) < 4.78 is 0. The van der Waals surface area contributed by atoms with Gasteiger partial charge in [0, 0.05) is 0 Å². The molecular formula is C35H51N. The van der Waals surface area contributed by atoms with Crippen molar-refractivity contribution in [3.63, 3.8) is 0 Å². The highest BCUT2D eigenvalue weighted by Crippen LogP contribution is 2.46. The molecule has 0 aromatic heterocycles. The Morgan fingerprint density at radius 2 is 1.17 bits per heavy atom. The molecule has 0 saturated heterocycles. The summed E-state index contributed by atoms with van der Waals surface area (Å²) in [4.78, 5) is 0. The minimum atomic E-state index is -0.0571. The fourth-order valence-electron chi connectivity index (χ4n) is 6.09. The van der Waals surface area contributed by atoms with Crippen molar-refractivity contribution in [3.8, 4) is 17.2 Å². The predicted molar refractivity (Wildman–Crippen MR) is 156 cm³/mol. The molecule has 0 unspecified atom stereocenters. The number of hydrogen-bond acceptors (Lipinski definition) is 1. The van der Waals surface area contributed by atoms with Crippen molar-refractivity contribution in [2.24, 2.45) is 5.41 Å². The van der Waals surface area contributed by atoms with Crippen LogP contribution in [0.3, 0.4) is 0 Å². The SMILES string of the molecule is CCCCCCCCc1ccc(-c2ccc(C3CCC(C#N)(CCCCCCCC)CC3)cc2)cc1. The van der Waals surface area contributed by atoms with Gasteiger partial charge < -0.3 is 0 Å². The standard InChI is InChI=1S/C35H51N/c1-3-5-7-9-11-13-15-30-16-18-31(19-17-30)32-20-22-33(23-21-32)34-24-27-35(29-36,28-25-34)26-14-12-10-8-6-4-2/h16-23,34H,3-15,24-28H2,1-2H3. The maximum Gasteiger partial charge on any atom is 0.0689 e. The van der Waals surface area contributed by atoms with Gasteiger partial charge in [-0.1, -0.05) is 133 Å². The molecule has 1 heteroatoms. The molecule has 2 aromatic rings. The van der Waals surface area contributed by atoms with Crippen molar-refractivity contribution in [2.75, 3.05) is 0 Å². The number of nitrogens with zero attached hydrogens (tertiary/aromatic N) is 1. The van der Waals surface area contributed by atoms with Gasteiger partial charge in [-0.15, -0.1) is 0 Å². The van der Waals surface area contributed by atoms with Gasteiger partial charge in [0.05, 0.1) is 11.5 Å². The predicted octanol–water partition coefficient (Wildman–Crippen LogP) is 11.2. The van der Waals surface area contributed by atoms with Gasteiger partial charge in [-0.25, -0.2) is 0 Å². The van der Waals surface area contributed by atoms with E-state index in [1.54, 1.807) is 0 Å². The first-order valence-corrected chi connectivity index (χ1v) is 15.3. The van der Waals surface area contributed by atoms with E-state index in [1.165, 1.54) is 106 Å². The average molecular weight is 486 g/mol. The van der Waals surface area contributed by atoms with Gasteiger partial charge in [-0.3, -0.25) is 0 Å². The third kappa shape index (κ3) is 9.10. The first-order chi connectivity index (χ1) is 17.7. The molecule has 0 N–H and O–H groups in total. The van der Waals surface area contributed by atoms with Gasteiger partial charge in [0.1, 0.15) is 0 Å². The molecule has 0 bridgehead atoms. The first-order valence-electron chi connectivity index (χ1n) is 15.3. The van der Waals surface area contributed by atoms with Gasteiger partial charge in [-0.05, 0) is 73.1 Å². The zero-order valence-corrected chi connectivity index (χ0v) is 23.4. The third-order valence-electron chi connectivity index (χ3n) is 8.68. The van der Waals surface area contributed by atoms with E-state index < -0.39 is 0 Å². The Hall–Kier alpha value is -2.07. The summed E-state index contributed by atoms with van der Waals surface area (Å²) in [5, 5.41) is 9.96. The number of unbranched alkanes of at least 4 members (excludes halogenated alkanes) is 10. The highest BCUT2D eigenvalue weighted by molar-refractivity contribution is 5.64. The van der Waals surface area contributed by atoms with E-state index in [-0.39, 0.29) is 5.41 Å². The molecule has 0 atom stereocenters. The summed E-state index contributed by atoms with van der Waals surface area (Å²) in [5.74, 6) is 0.616. The van der Waals surface area contributed by atoms with Gasteiger partial charge in [0.2, 0.25) is 0 Å². The Balaban J connectivity index is 1.44. The quantitative estimate of drug-likeness (QED) is 0.217. The minimum absolute atomic E-state index is 0.0571.